The van der Waals surface area contributed by atoms with Crippen LogP contribution in [0, 0.1) is 0 Å². The van der Waals surface area contributed by atoms with E-state index >= 15 is 0 Å². The molecule has 0 aliphatic heterocycles. The summed E-state index contributed by atoms with van der Waals surface area (Å²) in [4.78, 5) is 2.56. The van der Waals surface area contributed by atoms with Gasteiger partial charge in [-0.2, -0.15) is 0 Å². The maximum atomic E-state index is 3.45. The molecule has 0 atom stereocenters. The fourth-order valence-electron chi connectivity index (χ4n) is 1.43. The number of halogens is 2. The Bertz CT molecular complexity index is 417. The summed E-state index contributed by atoms with van der Waals surface area (Å²) in [5.41, 5.74) is 2.62. The molecular formula is C14H12Br2S. The Morgan fingerprint density at radius 1 is 0.647 bits per heavy atom. The standard InChI is InChI=1S/C14H12Br2S/c15-9-11-1-5-13(6-2-11)17-14-7-3-12(10-16)4-8-14/h1-8H,9-10H2. The zero-order chi connectivity index (χ0) is 12.1. The minimum atomic E-state index is 0.915. The van der Waals surface area contributed by atoms with E-state index in [9.17, 15) is 0 Å². The third-order valence-electron chi connectivity index (χ3n) is 2.39. The lowest BCUT2D eigenvalue weighted by atomic mass is 10.2. The molecule has 0 saturated heterocycles. The number of rotatable bonds is 4. The van der Waals surface area contributed by atoms with Crippen LogP contribution in [0.2, 0.25) is 0 Å². The van der Waals surface area contributed by atoms with Gasteiger partial charge in [-0.25, -0.2) is 0 Å². The zero-order valence-corrected chi connectivity index (χ0v) is 13.2. The highest BCUT2D eigenvalue weighted by molar-refractivity contribution is 9.08. The van der Waals surface area contributed by atoms with Crippen LogP contribution >= 0.6 is 43.6 Å². The van der Waals surface area contributed by atoms with E-state index in [-0.39, 0.29) is 0 Å². The first kappa shape index (κ1) is 13.2. The van der Waals surface area contributed by atoms with E-state index in [4.69, 9.17) is 0 Å². The van der Waals surface area contributed by atoms with Gasteiger partial charge in [0, 0.05) is 20.5 Å². The molecule has 0 bridgehead atoms. The number of alkyl halides is 2. The summed E-state index contributed by atoms with van der Waals surface area (Å²) >= 11 is 8.70. The molecule has 0 heterocycles. The highest BCUT2D eigenvalue weighted by Crippen LogP contribution is 2.28. The summed E-state index contributed by atoms with van der Waals surface area (Å²) in [6.45, 7) is 0. The van der Waals surface area contributed by atoms with Crippen molar-refractivity contribution in [3.8, 4) is 0 Å². The molecule has 0 aliphatic carbocycles. The van der Waals surface area contributed by atoms with Gasteiger partial charge in [0.1, 0.15) is 0 Å². The van der Waals surface area contributed by atoms with Crippen molar-refractivity contribution in [2.75, 3.05) is 0 Å². The summed E-state index contributed by atoms with van der Waals surface area (Å²) in [5.74, 6) is 0. The van der Waals surface area contributed by atoms with Crippen LogP contribution in [0.15, 0.2) is 58.3 Å². The summed E-state index contributed by atoms with van der Waals surface area (Å²) in [5, 5.41) is 1.83. The van der Waals surface area contributed by atoms with E-state index in [2.05, 4.69) is 80.4 Å². The molecular weight excluding hydrogens is 360 g/mol. The topological polar surface area (TPSA) is 0 Å². The predicted molar refractivity (Wildman–Crippen MR) is 82.3 cm³/mol. The number of hydrogen-bond donors (Lipinski definition) is 0. The average Bonchev–Trinajstić information content (AvgIpc) is 2.40. The van der Waals surface area contributed by atoms with Crippen LogP contribution in [0.4, 0.5) is 0 Å². The molecule has 88 valence electrons. The van der Waals surface area contributed by atoms with Crippen molar-refractivity contribution in [3.05, 3.63) is 59.7 Å². The van der Waals surface area contributed by atoms with Gasteiger partial charge in [-0.1, -0.05) is 67.9 Å². The van der Waals surface area contributed by atoms with Crippen molar-refractivity contribution in [3.63, 3.8) is 0 Å². The summed E-state index contributed by atoms with van der Waals surface area (Å²) in [6.07, 6.45) is 0. The molecule has 0 radical (unpaired) electrons. The average molecular weight is 372 g/mol. The van der Waals surface area contributed by atoms with E-state index in [0.29, 0.717) is 0 Å². The Morgan fingerprint density at radius 3 is 1.29 bits per heavy atom. The van der Waals surface area contributed by atoms with E-state index in [0.717, 1.165) is 10.7 Å². The van der Waals surface area contributed by atoms with Crippen LogP contribution in [-0.2, 0) is 10.7 Å². The van der Waals surface area contributed by atoms with Gasteiger partial charge in [-0.3, -0.25) is 0 Å². The molecule has 0 nitrogen and oxygen atoms in total. The van der Waals surface area contributed by atoms with Gasteiger partial charge in [-0.15, -0.1) is 0 Å². The minimum Gasteiger partial charge on any atom is -0.0901 e. The number of hydrogen-bond acceptors (Lipinski definition) is 1. The maximum Gasteiger partial charge on any atom is 0.0283 e. The van der Waals surface area contributed by atoms with Crippen molar-refractivity contribution in [2.24, 2.45) is 0 Å². The summed E-state index contributed by atoms with van der Waals surface area (Å²) < 4.78 is 0. The molecule has 3 heteroatoms. The van der Waals surface area contributed by atoms with Crippen molar-refractivity contribution < 1.29 is 0 Å². The minimum absolute atomic E-state index is 0.915. The fourth-order valence-corrected chi connectivity index (χ4v) is 2.99. The van der Waals surface area contributed by atoms with Crippen molar-refractivity contribution in [1.82, 2.24) is 0 Å². The van der Waals surface area contributed by atoms with Crippen molar-refractivity contribution in [1.29, 1.82) is 0 Å². The van der Waals surface area contributed by atoms with Crippen molar-refractivity contribution >= 4 is 43.6 Å². The molecule has 0 N–H and O–H groups in total. The molecule has 0 aliphatic rings. The lowest BCUT2D eigenvalue weighted by molar-refractivity contribution is 1.33. The second-order valence-electron chi connectivity index (χ2n) is 3.66. The first-order valence-corrected chi connectivity index (χ1v) is 8.35. The van der Waals surface area contributed by atoms with Gasteiger partial charge >= 0.3 is 0 Å². The molecule has 17 heavy (non-hydrogen) atoms. The molecule has 0 unspecified atom stereocenters. The van der Waals surface area contributed by atoms with Gasteiger partial charge in [-0.05, 0) is 35.4 Å². The van der Waals surface area contributed by atoms with Gasteiger partial charge in [0.2, 0.25) is 0 Å². The maximum absolute atomic E-state index is 3.45. The van der Waals surface area contributed by atoms with Crippen LogP contribution < -0.4 is 0 Å². The Morgan fingerprint density at radius 2 is 1.00 bits per heavy atom. The summed E-state index contributed by atoms with van der Waals surface area (Å²) in [6, 6.07) is 17.3. The van der Waals surface area contributed by atoms with E-state index in [1.54, 1.807) is 11.8 Å². The quantitative estimate of drug-likeness (QED) is 0.627. The molecule has 2 aromatic carbocycles. The monoisotopic (exact) mass is 370 g/mol. The molecule has 0 fully saturated rings. The van der Waals surface area contributed by atoms with E-state index in [1.165, 1.54) is 20.9 Å². The van der Waals surface area contributed by atoms with Crippen LogP contribution in [0.1, 0.15) is 11.1 Å². The third-order valence-corrected chi connectivity index (χ3v) is 4.70. The molecule has 2 aromatic rings. The zero-order valence-electron chi connectivity index (χ0n) is 9.20. The highest BCUT2D eigenvalue weighted by Gasteiger charge is 1.98. The number of benzene rings is 2. The van der Waals surface area contributed by atoms with Crippen molar-refractivity contribution in [2.45, 2.75) is 20.5 Å². The largest absolute Gasteiger partial charge is 0.0901 e. The van der Waals surface area contributed by atoms with Crippen LogP contribution in [0.5, 0.6) is 0 Å². The van der Waals surface area contributed by atoms with Gasteiger partial charge in [0.25, 0.3) is 0 Å². The first-order valence-electron chi connectivity index (χ1n) is 5.29. The van der Waals surface area contributed by atoms with Crippen LogP contribution in [0.25, 0.3) is 0 Å². The Labute approximate surface area is 123 Å². The van der Waals surface area contributed by atoms with E-state index in [1.807, 2.05) is 0 Å². The van der Waals surface area contributed by atoms with Gasteiger partial charge in [0.15, 0.2) is 0 Å². The van der Waals surface area contributed by atoms with Crippen LogP contribution in [0.3, 0.4) is 0 Å². The second-order valence-corrected chi connectivity index (χ2v) is 5.93. The highest BCUT2D eigenvalue weighted by atomic mass is 79.9. The SMILES string of the molecule is BrCc1ccc(Sc2ccc(CBr)cc2)cc1. The van der Waals surface area contributed by atoms with Gasteiger partial charge in [0.05, 0.1) is 0 Å². The molecule has 0 aromatic heterocycles. The van der Waals surface area contributed by atoms with Crippen LogP contribution in [-0.4, -0.2) is 0 Å². The lowest BCUT2D eigenvalue weighted by Gasteiger charge is -2.03. The third kappa shape index (κ3) is 3.87. The first-order chi connectivity index (χ1) is 8.31. The predicted octanol–water partition coefficient (Wildman–Crippen LogP) is 5.63. The fraction of sp³-hybridized carbons (Fsp3) is 0.143. The second kappa shape index (κ2) is 6.62. The molecule has 0 spiro atoms. The Kier molecular flexibility index (Phi) is 5.14. The molecule has 0 saturated carbocycles. The Balaban J connectivity index is 2.08. The molecule has 0 amide bonds. The normalized spacial score (nSPS) is 10.5. The van der Waals surface area contributed by atoms with E-state index < -0.39 is 0 Å². The molecule has 2 rings (SSSR count). The van der Waals surface area contributed by atoms with Gasteiger partial charge < -0.3 is 0 Å². The lowest BCUT2D eigenvalue weighted by Crippen LogP contribution is -1.79. The summed E-state index contributed by atoms with van der Waals surface area (Å²) in [7, 11) is 0. The Hall–Kier alpha value is -0.250. The smallest absolute Gasteiger partial charge is 0.0283 e.